The first-order valence-corrected chi connectivity index (χ1v) is 13.4. The summed E-state index contributed by atoms with van der Waals surface area (Å²) in [6, 6.07) is 1.91. The molecule has 1 saturated heterocycles. The normalized spacial score (nSPS) is 28.9. The maximum absolute atomic E-state index is 12.4. The number of nitrogens with one attached hydrogen (secondary N) is 2. The second-order valence-corrected chi connectivity index (χ2v) is 11.3. The van der Waals surface area contributed by atoms with Gasteiger partial charge < -0.3 is 14.8 Å². The molecule has 2 N–H and O–H groups in total. The van der Waals surface area contributed by atoms with Gasteiger partial charge in [0.2, 0.25) is 15.9 Å². The summed E-state index contributed by atoms with van der Waals surface area (Å²) >= 11 is 0. The SMILES string of the molecule is Cc1ccnc(OCC=O)c1C1CCC(OC[C@@H]2NCCC[C@@H]2NS(=O)(=O)C2CC2)CC1. The largest absolute Gasteiger partial charge is 0.470 e. The van der Waals surface area contributed by atoms with Crippen molar-refractivity contribution >= 4 is 16.3 Å². The topological polar surface area (TPSA) is 107 Å². The van der Waals surface area contributed by atoms with Crippen molar-refractivity contribution in [1.29, 1.82) is 0 Å². The Kier molecular flexibility index (Phi) is 7.81. The van der Waals surface area contributed by atoms with Gasteiger partial charge in [-0.05, 0) is 82.4 Å². The number of aromatic nitrogens is 1. The van der Waals surface area contributed by atoms with Crippen LogP contribution < -0.4 is 14.8 Å². The zero-order valence-corrected chi connectivity index (χ0v) is 19.6. The summed E-state index contributed by atoms with van der Waals surface area (Å²) in [6.45, 7) is 3.49. The third kappa shape index (κ3) is 5.87. The summed E-state index contributed by atoms with van der Waals surface area (Å²) in [7, 11) is -3.20. The molecule has 3 aliphatic rings. The second kappa shape index (κ2) is 10.6. The van der Waals surface area contributed by atoms with Crippen LogP contribution in [0.4, 0.5) is 0 Å². The number of hydrogen-bond donors (Lipinski definition) is 2. The Hall–Kier alpha value is -1.55. The molecule has 8 nitrogen and oxygen atoms in total. The van der Waals surface area contributed by atoms with Crippen molar-refractivity contribution in [2.75, 3.05) is 19.8 Å². The van der Waals surface area contributed by atoms with Crippen LogP contribution in [0.25, 0.3) is 0 Å². The Morgan fingerprint density at radius 2 is 1.97 bits per heavy atom. The fraction of sp³-hybridized carbons (Fsp3) is 0.739. The highest BCUT2D eigenvalue weighted by Gasteiger charge is 2.39. The molecule has 1 aromatic heterocycles. The fourth-order valence-corrected chi connectivity index (χ4v) is 6.64. The standard InChI is InChI=1S/C23H35N3O5S/c1-16-10-12-25-23(30-14-13-27)22(16)17-4-6-18(7-5-17)31-15-21-20(3-2-11-24-21)26-32(28,29)19-8-9-19/h10,12-13,17-21,24,26H,2-9,11,14-15H2,1H3/t17?,18?,20-,21-/m0/s1. The third-order valence-electron chi connectivity index (χ3n) is 6.92. The van der Waals surface area contributed by atoms with Crippen LogP contribution >= 0.6 is 0 Å². The molecule has 2 atom stereocenters. The minimum Gasteiger partial charge on any atom is -0.470 e. The quantitative estimate of drug-likeness (QED) is 0.510. The first-order valence-electron chi connectivity index (χ1n) is 11.9. The predicted octanol–water partition coefficient (Wildman–Crippen LogP) is 2.21. The molecular weight excluding hydrogens is 430 g/mol. The van der Waals surface area contributed by atoms with E-state index in [0.717, 1.165) is 75.3 Å². The molecule has 2 aliphatic carbocycles. The van der Waals surface area contributed by atoms with Crippen molar-refractivity contribution in [3.05, 3.63) is 23.4 Å². The van der Waals surface area contributed by atoms with Gasteiger partial charge in [-0.1, -0.05) is 0 Å². The Morgan fingerprint density at radius 1 is 1.19 bits per heavy atom. The molecule has 0 radical (unpaired) electrons. The molecule has 9 heteroatoms. The van der Waals surface area contributed by atoms with Crippen LogP contribution in [0.3, 0.4) is 0 Å². The highest BCUT2D eigenvalue weighted by atomic mass is 32.2. The molecule has 0 bridgehead atoms. The smallest absolute Gasteiger partial charge is 0.217 e. The van der Waals surface area contributed by atoms with Crippen molar-refractivity contribution in [3.8, 4) is 5.88 Å². The Morgan fingerprint density at radius 3 is 2.69 bits per heavy atom. The predicted molar refractivity (Wildman–Crippen MR) is 121 cm³/mol. The highest BCUT2D eigenvalue weighted by Crippen LogP contribution is 2.39. The number of ether oxygens (including phenoxy) is 2. The first kappa shape index (κ1) is 23.6. The Balaban J connectivity index is 1.29. The summed E-state index contributed by atoms with van der Waals surface area (Å²) in [5.41, 5.74) is 2.25. The van der Waals surface area contributed by atoms with Crippen LogP contribution in [0.5, 0.6) is 5.88 Å². The molecule has 0 spiro atoms. The molecule has 3 fully saturated rings. The van der Waals surface area contributed by atoms with E-state index in [4.69, 9.17) is 9.47 Å². The van der Waals surface area contributed by atoms with Gasteiger partial charge in [0.1, 0.15) is 6.61 Å². The number of nitrogens with zero attached hydrogens (tertiary/aromatic N) is 1. The van der Waals surface area contributed by atoms with E-state index in [0.29, 0.717) is 18.4 Å². The van der Waals surface area contributed by atoms with E-state index in [2.05, 4.69) is 21.9 Å². The van der Waals surface area contributed by atoms with Gasteiger partial charge in [0.15, 0.2) is 6.29 Å². The van der Waals surface area contributed by atoms with Crippen LogP contribution in [0, 0.1) is 6.92 Å². The van der Waals surface area contributed by atoms with E-state index in [1.165, 1.54) is 0 Å². The maximum atomic E-state index is 12.4. The minimum absolute atomic E-state index is 0.0129. The van der Waals surface area contributed by atoms with Gasteiger partial charge in [-0.3, -0.25) is 4.79 Å². The van der Waals surface area contributed by atoms with Gasteiger partial charge in [-0.15, -0.1) is 0 Å². The molecular formula is C23H35N3O5S. The van der Waals surface area contributed by atoms with E-state index < -0.39 is 10.0 Å². The fourth-order valence-electron chi connectivity index (χ4n) is 4.98. The third-order valence-corrected chi connectivity index (χ3v) is 8.90. The molecule has 1 aliphatic heterocycles. The minimum atomic E-state index is -3.20. The van der Waals surface area contributed by atoms with Crippen LogP contribution in [0.15, 0.2) is 12.3 Å². The summed E-state index contributed by atoms with van der Waals surface area (Å²) in [5, 5.41) is 3.26. The molecule has 0 unspecified atom stereocenters. The van der Waals surface area contributed by atoms with Crippen molar-refractivity contribution in [2.24, 2.45) is 0 Å². The average molecular weight is 466 g/mol. The number of pyridine rings is 1. The number of carbonyl (C=O) groups is 1. The number of sulfonamides is 1. The molecule has 0 amide bonds. The average Bonchev–Trinajstić information content (AvgIpc) is 3.64. The van der Waals surface area contributed by atoms with Crippen molar-refractivity contribution in [3.63, 3.8) is 0 Å². The molecule has 2 saturated carbocycles. The Bertz CT molecular complexity index is 882. The molecule has 32 heavy (non-hydrogen) atoms. The van der Waals surface area contributed by atoms with E-state index in [9.17, 15) is 13.2 Å². The lowest BCUT2D eigenvalue weighted by atomic mass is 9.81. The van der Waals surface area contributed by atoms with Crippen LogP contribution in [0.1, 0.15) is 68.4 Å². The number of carbonyl (C=O) groups excluding carboxylic acids is 1. The number of hydrogen-bond acceptors (Lipinski definition) is 7. The molecule has 178 valence electrons. The number of piperidine rings is 1. The van der Waals surface area contributed by atoms with E-state index in [-0.39, 0.29) is 30.0 Å². The summed E-state index contributed by atoms with van der Waals surface area (Å²) in [6.07, 6.45) is 9.85. The molecule has 4 rings (SSSR count). The highest BCUT2D eigenvalue weighted by molar-refractivity contribution is 7.90. The van der Waals surface area contributed by atoms with E-state index in [1.54, 1.807) is 6.20 Å². The van der Waals surface area contributed by atoms with Gasteiger partial charge >= 0.3 is 0 Å². The number of aldehydes is 1. The molecule has 1 aromatic rings. The summed E-state index contributed by atoms with van der Waals surface area (Å²) in [4.78, 5) is 15.1. The van der Waals surface area contributed by atoms with Gasteiger partial charge in [-0.2, -0.15) is 0 Å². The zero-order chi connectivity index (χ0) is 22.6. The van der Waals surface area contributed by atoms with Gasteiger partial charge in [0.05, 0.1) is 18.0 Å². The maximum Gasteiger partial charge on any atom is 0.217 e. The Labute approximate surface area is 190 Å². The lowest BCUT2D eigenvalue weighted by Gasteiger charge is -2.35. The van der Waals surface area contributed by atoms with Crippen LogP contribution in [-0.2, 0) is 19.6 Å². The van der Waals surface area contributed by atoms with Gasteiger partial charge in [0, 0.05) is 23.8 Å². The lowest BCUT2D eigenvalue weighted by molar-refractivity contribution is -0.109. The lowest BCUT2D eigenvalue weighted by Crippen LogP contribution is -2.56. The van der Waals surface area contributed by atoms with Gasteiger partial charge in [0.25, 0.3) is 0 Å². The zero-order valence-electron chi connectivity index (χ0n) is 18.8. The monoisotopic (exact) mass is 465 g/mol. The van der Waals surface area contributed by atoms with Crippen molar-refractivity contribution in [1.82, 2.24) is 15.0 Å². The van der Waals surface area contributed by atoms with Crippen LogP contribution in [-0.4, -0.2) is 62.9 Å². The summed E-state index contributed by atoms with van der Waals surface area (Å²) in [5.74, 6) is 0.912. The number of aryl methyl sites for hydroxylation is 1. The molecule has 0 aromatic carbocycles. The van der Waals surface area contributed by atoms with Crippen molar-refractivity contribution < 1.29 is 22.7 Å². The van der Waals surface area contributed by atoms with E-state index in [1.807, 2.05) is 6.07 Å². The summed E-state index contributed by atoms with van der Waals surface area (Å²) < 4.78 is 39.6. The van der Waals surface area contributed by atoms with E-state index >= 15 is 0 Å². The number of rotatable bonds is 10. The first-order chi connectivity index (χ1) is 15.5. The van der Waals surface area contributed by atoms with Crippen molar-refractivity contribution in [2.45, 2.75) is 87.6 Å². The second-order valence-electron chi connectivity index (χ2n) is 9.30. The van der Waals surface area contributed by atoms with Crippen LogP contribution in [0.2, 0.25) is 0 Å². The molecule has 2 heterocycles. The van der Waals surface area contributed by atoms with Gasteiger partial charge in [-0.25, -0.2) is 18.1 Å².